The molecule has 0 aromatic heterocycles. The summed E-state index contributed by atoms with van der Waals surface area (Å²) in [5.41, 5.74) is -0.0164. The van der Waals surface area contributed by atoms with Crippen LogP contribution in [-0.2, 0) is 19.1 Å². The van der Waals surface area contributed by atoms with Gasteiger partial charge in [0.1, 0.15) is 12.2 Å². The maximum absolute atomic E-state index is 12.5. The molecule has 6 unspecified atom stereocenters. The van der Waals surface area contributed by atoms with Gasteiger partial charge in [-0.2, -0.15) is 0 Å². The van der Waals surface area contributed by atoms with Crippen molar-refractivity contribution in [2.24, 2.45) is 11.8 Å². The van der Waals surface area contributed by atoms with E-state index in [2.05, 4.69) is 52.2 Å². The highest BCUT2D eigenvalue weighted by Crippen LogP contribution is 2.47. The quantitative estimate of drug-likeness (QED) is 0.663. The van der Waals surface area contributed by atoms with Gasteiger partial charge in [0.15, 0.2) is 0 Å². The third kappa shape index (κ3) is 4.14. The van der Waals surface area contributed by atoms with Crippen LogP contribution in [0.1, 0.15) is 92.9 Å². The molecule has 0 aromatic carbocycles. The van der Waals surface area contributed by atoms with Crippen LogP contribution in [0.4, 0.5) is 0 Å². The standard InChI is InChI=1S/C24H40N2O4/c1-21(2)15-9-11-23(5,25-21)13-17(15)29-19(27)7-8-20(28)30-18-14-24(6)12-10-16(18)22(3,4)26-24/h15-18,25-26H,7-14H2,1-6H3. The average Bonchev–Trinajstić information content (AvgIpc) is 2.56. The summed E-state index contributed by atoms with van der Waals surface area (Å²) in [6, 6.07) is 0. The fourth-order valence-corrected chi connectivity index (χ4v) is 7.22. The topological polar surface area (TPSA) is 76.7 Å². The molecule has 0 spiro atoms. The summed E-state index contributed by atoms with van der Waals surface area (Å²) in [5, 5.41) is 7.44. The van der Waals surface area contributed by atoms with Crippen molar-refractivity contribution in [3.63, 3.8) is 0 Å². The molecule has 0 aromatic rings. The molecule has 4 heterocycles. The van der Waals surface area contributed by atoms with Gasteiger partial charge in [0.2, 0.25) is 0 Å². The third-order valence-electron chi connectivity index (χ3n) is 8.42. The van der Waals surface area contributed by atoms with E-state index in [1.165, 1.54) is 0 Å². The van der Waals surface area contributed by atoms with Crippen molar-refractivity contribution in [1.82, 2.24) is 10.6 Å². The molecule has 4 bridgehead atoms. The van der Waals surface area contributed by atoms with Crippen molar-refractivity contribution in [3.05, 3.63) is 0 Å². The van der Waals surface area contributed by atoms with Crippen LogP contribution in [0.15, 0.2) is 0 Å². The Hall–Kier alpha value is -1.14. The lowest BCUT2D eigenvalue weighted by Crippen LogP contribution is -2.70. The zero-order valence-electron chi connectivity index (χ0n) is 19.6. The molecule has 2 N–H and O–H groups in total. The first-order valence-electron chi connectivity index (χ1n) is 11.8. The minimum Gasteiger partial charge on any atom is -0.462 e. The molecule has 6 nitrogen and oxygen atoms in total. The van der Waals surface area contributed by atoms with E-state index in [4.69, 9.17) is 9.47 Å². The molecule has 6 aliphatic rings. The van der Waals surface area contributed by atoms with Crippen molar-refractivity contribution in [2.75, 3.05) is 0 Å². The summed E-state index contributed by atoms with van der Waals surface area (Å²) in [7, 11) is 0. The highest BCUT2D eigenvalue weighted by molar-refractivity contribution is 5.78. The van der Waals surface area contributed by atoms with Gasteiger partial charge in [-0.1, -0.05) is 0 Å². The van der Waals surface area contributed by atoms with Crippen molar-refractivity contribution in [1.29, 1.82) is 0 Å². The van der Waals surface area contributed by atoms with Crippen LogP contribution in [0.3, 0.4) is 0 Å². The average molecular weight is 421 g/mol. The smallest absolute Gasteiger partial charge is 0.306 e. The lowest BCUT2D eigenvalue weighted by Gasteiger charge is -2.58. The van der Waals surface area contributed by atoms with Gasteiger partial charge in [-0.3, -0.25) is 9.59 Å². The maximum atomic E-state index is 12.5. The lowest BCUT2D eigenvalue weighted by atomic mass is 9.62. The van der Waals surface area contributed by atoms with E-state index in [0.29, 0.717) is 11.8 Å². The molecule has 2 aliphatic carbocycles. The number of hydrogen-bond donors (Lipinski definition) is 2. The number of carbonyl (C=O) groups excluding carboxylic acids is 2. The molecule has 6 atom stereocenters. The second-order valence-corrected chi connectivity index (χ2v) is 12.1. The van der Waals surface area contributed by atoms with E-state index in [1.54, 1.807) is 0 Å². The van der Waals surface area contributed by atoms with Crippen LogP contribution in [0.25, 0.3) is 0 Å². The number of rotatable bonds is 5. The van der Waals surface area contributed by atoms with Crippen LogP contribution in [0, 0.1) is 11.8 Å². The van der Waals surface area contributed by atoms with Gasteiger partial charge in [-0.15, -0.1) is 0 Å². The highest BCUT2D eigenvalue weighted by atomic mass is 16.6. The van der Waals surface area contributed by atoms with Gasteiger partial charge >= 0.3 is 11.9 Å². The fraction of sp³-hybridized carbons (Fsp3) is 0.917. The number of esters is 2. The molecule has 4 aliphatic heterocycles. The van der Waals surface area contributed by atoms with E-state index < -0.39 is 0 Å². The van der Waals surface area contributed by atoms with Gasteiger partial charge in [0.05, 0.1) is 12.8 Å². The van der Waals surface area contributed by atoms with Crippen LogP contribution in [0.2, 0.25) is 0 Å². The lowest BCUT2D eigenvalue weighted by molar-refractivity contribution is -0.171. The Labute approximate surface area is 181 Å². The molecule has 0 radical (unpaired) electrons. The van der Waals surface area contributed by atoms with E-state index in [1.807, 2.05) is 0 Å². The summed E-state index contributed by atoms with van der Waals surface area (Å²) in [4.78, 5) is 25.0. The molecule has 6 heteroatoms. The zero-order chi connectivity index (χ0) is 21.9. The molecule has 2 saturated carbocycles. The Balaban J connectivity index is 1.27. The summed E-state index contributed by atoms with van der Waals surface area (Å²) in [5.74, 6) is 0.0954. The van der Waals surface area contributed by atoms with Crippen molar-refractivity contribution < 1.29 is 19.1 Å². The zero-order valence-corrected chi connectivity index (χ0v) is 19.6. The van der Waals surface area contributed by atoms with E-state index in [-0.39, 0.29) is 59.1 Å². The molecular formula is C24H40N2O4. The van der Waals surface area contributed by atoms with Crippen LogP contribution in [0.5, 0.6) is 0 Å². The first-order valence-corrected chi connectivity index (χ1v) is 11.8. The van der Waals surface area contributed by atoms with Crippen molar-refractivity contribution in [3.8, 4) is 0 Å². The van der Waals surface area contributed by atoms with E-state index >= 15 is 0 Å². The Morgan fingerprint density at radius 2 is 1.10 bits per heavy atom. The van der Waals surface area contributed by atoms with E-state index in [9.17, 15) is 9.59 Å². The molecule has 6 fully saturated rings. The molecule has 4 saturated heterocycles. The highest BCUT2D eigenvalue weighted by Gasteiger charge is 2.54. The molecule has 0 amide bonds. The monoisotopic (exact) mass is 420 g/mol. The van der Waals surface area contributed by atoms with Crippen LogP contribution >= 0.6 is 0 Å². The molecular weight excluding hydrogens is 380 g/mol. The number of fused-ring (bicyclic) bond motifs is 6. The van der Waals surface area contributed by atoms with Gasteiger partial charge in [-0.05, 0) is 67.2 Å². The predicted octanol–water partition coefficient (Wildman–Crippen LogP) is 3.47. The largest absolute Gasteiger partial charge is 0.462 e. The summed E-state index contributed by atoms with van der Waals surface area (Å²) < 4.78 is 11.7. The maximum Gasteiger partial charge on any atom is 0.306 e. The Bertz CT molecular complexity index is 654. The minimum absolute atomic E-state index is 0.0272. The third-order valence-corrected chi connectivity index (χ3v) is 8.42. The number of piperidine rings is 4. The number of carbonyl (C=O) groups is 2. The van der Waals surface area contributed by atoms with Crippen LogP contribution < -0.4 is 10.6 Å². The number of nitrogens with one attached hydrogen (secondary N) is 2. The molecule has 170 valence electrons. The summed E-state index contributed by atoms with van der Waals surface area (Å²) >= 11 is 0. The number of ether oxygens (including phenoxy) is 2. The molecule has 6 rings (SSSR count). The second kappa shape index (κ2) is 7.19. The Morgan fingerprint density at radius 1 is 0.733 bits per heavy atom. The Kier molecular flexibility index (Phi) is 5.29. The SMILES string of the molecule is CC12CCC(C(OC(=O)CCC(=O)OC3CC4(C)CCC3C(C)(C)N4)C1)C(C)(C)N2. The molecule has 30 heavy (non-hydrogen) atoms. The van der Waals surface area contributed by atoms with Crippen molar-refractivity contribution in [2.45, 2.75) is 127 Å². The van der Waals surface area contributed by atoms with Crippen molar-refractivity contribution >= 4 is 11.9 Å². The second-order valence-electron chi connectivity index (χ2n) is 12.1. The Morgan fingerprint density at radius 3 is 1.40 bits per heavy atom. The first-order chi connectivity index (χ1) is 13.8. The summed E-state index contributed by atoms with van der Waals surface area (Å²) in [6.07, 6.45) is 6.15. The van der Waals surface area contributed by atoms with E-state index in [0.717, 1.165) is 38.5 Å². The normalized spacial score (nSPS) is 43.3. The van der Waals surface area contributed by atoms with Gasteiger partial charge < -0.3 is 20.1 Å². The van der Waals surface area contributed by atoms with Gasteiger partial charge in [0.25, 0.3) is 0 Å². The van der Waals surface area contributed by atoms with Gasteiger partial charge in [-0.25, -0.2) is 0 Å². The fourth-order valence-electron chi connectivity index (χ4n) is 7.22. The minimum atomic E-state index is -0.275. The first kappa shape index (κ1) is 22.1. The summed E-state index contributed by atoms with van der Waals surface area (Å²) in [6.45, 7) is 13.2. The number of hydrogen-bond acceptors (Lipinski definition) is 6. The predicted molar refractivity (Wildman–Crippen MR) is 115 cm³/mol. The van der Waals surface area contributed by atoms with Crippen LogP contribution in [-0.4, -0.2) is 46.3 Å². The van der Waals surface area contributed by atoms with Gasteiger partial charge in [0, 0.05) is 46.8 Å².